The Bertz CT molecular complexity index is 447. The Labute approximate surface area is 125 Å². The van der Waals surface area contributed by atoms with Gasteiger partial charge in [0.05, 0.1) is 13.7 Å². The van der Waals surface area contributed by atoms with E-state index in [9.17, 15) is 4.79 Å². The number of anilines is 1. The first-order chi connectivity index (χ1) is 10.2. The molecule has 0 aliphatic heterocycles. The van der Waals surface area contributed by atoms with Crippen LogP contribution in [0.25, 0.3) is 0 Å². The molecular weight excluding hydrogens is 268 g/mol. The highest BCUT2D eigenvalue weighted by Gasteiger charge is 2.26. The summed E-state index contributed by atoms with van der Waals surface area (Å²) in [6, 6.07) is 7.22. The lowest BCUT2D eigenvalue weighted by Gasteiger charge is -2.17. The maximum absolute atomic E-state index is 11.8. The lowest BCUT2D eigenvalue weighted by molar-refractivity contribution is -0.121. The Morgan fingerprint density at radius 3 is 2.67 bits per heavy atom. The summed E-state index contributed by atoms with van der Waals surface area (Å²) in [4.78, 5) is 11.8. The lowest BCUT2D eigenvalue weighted by Crippen LogP contribution is -2.25. The molecule has 2 unspecified atom stereocenters. The van der Waals surface area contributed by atoms with E-state index in [1.165, 1.54) is 12.8 Å². The standard InChI is InChI=1S/C16H24N2O3/c1-20-15-7-5-14(6-8-15)18-16(19)11-21-10-13-4-2-3-12(13)9-17/h5-8,12-13H,2-4,9-11,17H2,1H3,(H,18,19). The number of benzene rings is 1. The van der Waals surface area contributed by atoms with E-state index in [0.29, 0.717) is 25.0 Å². The van der Waals surface area contributed by atoms with Gasteiger partial charge in [0.25, 0.3) is 0 Å². The lowest BCUT2D eigenvalue weighted by atomic mass is 9.97. The van der Waals surface area contributed by atoms with Crippen LogP contribution in [0.1, 0.15) is 19.3 Å². The average Bonchev–Trinajstić information content (AvgIpc) is 2.95. The molecule has 0 saturated heterocycles. The van der Waals surface area contributed by atoms with E-state index in [1.807, 2.05) is 0 Å². The van der Waals surface area contributed by atoms with Gasteiger partial charge in [-0.3, -0.25) is 4.79 Å². The van der Waals surface area contributed by atoms with Crippen molar-refractivity contribution in [1.82, 2.24) is 0 Å². The van der Waals surface area contributed by atoms with E-state index in [2.05, 4.69) is 5.32 Å². The fourth-order valence-electron chi connectivity index (χ4n) is 2.82. The molecule has 0 heterocycles. The predicted octanol–water partition coefficient (Wildman–Crippen LogP) is 2.03. The molecule has 5 heteroatoms. The Hall–Kier alpha value is -1.59. The normalized spacial score (nSPS) is 21.2. The molecule has 1 aliphatic carbocycles. The summed E-state index contributed by atoms with van der Waals surface area (Å²) in [7, 11) is 1.61. The van der Waals surface area contributed by atoms with Gasteiger partial charge in [0.2, 0.25) is 5.91 Å². The molecule has 0 bridgehead atoms. The van der Waals surface area contributed by atoms with E-state index in [0.717, 1.165) is 17.9 Å². The Morgan fingerprint density at radius 1 is 1.29 bits per heavy atom. The quantitative estimate of drug-likeness (QED) is 0.806. The Morgan fingerprint density at radius 2 is 2.00 bits per heavy atom. The number of rotatable bonds is 7. The SMILES string of the molecule is COc1ccc(NC(=O)COCC2CCCC2CN)cc1. The second-order valence-corrected chi connectivity index (χ2v) is 5.48. The maximum Gasteiger partial charge on any atom is 0.250 e. The molecule has 116 valence electrons. The highest BCUT2D eigenvalue weighted by atomic mass is 16.5. The highest BCUT2D eigenvalue weighted by Crippen LogP contribution is 2.30. The van der Waals surface area contributed by atoms with Crippen LogP contribution in [-0.2, 0) is 9.53 Å². The van der Waals surface area contributed by atoms with Crippen LogP contribution in [0.4, 0.5) is 5.69 Å². The number of amides is 1. The van der Waals surface area contributed by atoms with Crippen molar-refractivity contribution in [1.29, 1.82) is 0 Å². The zero-order chi connectivity index (χ0) is 15.1. The van der Waals surface area contributed by atoms with Gasteiger partial charge in [-0.2, -0.15) is 0 Å². The highest BCUT2D eigenvalue weighted by molar-refractivity contribution is 5.91. The summed E-state index contributed by atoms with van der Waals surface area (Å²) in [6.45, 7) is 1.42. The van der Waals surface area contributed by atoms with Gasteiger partial charge in [-0.1, -0.05) is 6.42 Å². The molecule has 21 heavy (non-hydrogen) atoms. The maximum atomic E-state index is 11.8. The zero-order valence-corrected chi connectivity index (χ0v) is 12.5. The van der Waals surface area contributed by atoms with Gasteiger partial charge in [-0.15, -0.1) is 0 Å². The number of methoxy groups -OCH3 is 1. The largest absolute Gasteiger partial charge is 0.497 e. The van der Waals surface area contributed by atoms with Crippen LogP contribution in [0, 0.1) is 11.8 Å². The first-order valence-electron chi connectivity index (χ1n) is 7.44. The second kappa shape index (κ2) is 8.00. The van der Waals surface area contributed by atoms with Crippen molar-refractivity contribution in [3.8, 4) is 5.75 Å². The monoisotopic (exact) mass is 292 g/mol. The first-order valence-corrected chi connectivity index (χ1v) is 7.44. The fraction of sp³-hybridized carbons (Fsp3) is 0.562. The summed E-state index contributed by atoms with van der Waals surface area (Å²) in [5, 5.41) is 2.80. The Balaban J connectivity index is 1.69. The van der Waals surface area contributed by atoms with Gasteiger partial charge in [0, 0.05) is 5.69 Å². The second-order valence-electron chi connectivity index (χ2n) is 5.48. The number of nitrogens with one attached hydrogen (secondary N) is 1. The summed E-state index contributed by atoms with van der Waals surface area (Å²) in [6.07, 6.45) is 3.55. The van der Waals surface area contributed by atoms with Crippen molar-refractivity contribution >= 4 is 11.6 Å². The van der Waals surface area contributed by atoms with Crippen molar-refractivity contribution in [2.24, 2.45) is 17.6 Å². The van der Waals surface area contributed by atoms with Gasteiger partial charge in [-0.05, 0) is 55.5 Å². The molecule has 1 aromatic carbocycles. The number of hydrogen-bond donors (Lipinski definition) is 2. The van der Waals surface area contributed by atoms with Crippen LogP contribution in [0.5, 0.6) is 5.75 Å². The van der Waals surface area contributed by atoms with Gasteiger partial charge >= 0.3 is 0 Å². The molecule has 2 rings (SSSR count). The average molecular weight is 292 g/mol. The summed E-state index contributed by atoms with van der Waals surface area (Å²) >= 11 is 0. The topological polar surface area (TPSA) is 73.6 Å². The number of carbonyl (C=O) groups is 1. The van der Waals surface area contributed by atoms with Crippen molar-refractivity contribution in [2.45, 2.75) is 19.3 Å². The molecule has 2 atom stereocenters. The van der Waals surface area contributed by atoms with Crippen LogP contribution in [0.2, 0.25) is 0 Å². The van der Waals surface area contributed by atoms with Gasteiger partial charge in [-0.25, -0.2) is 0 Å². The number of ether oxygens (including phenoxy) is 2. The minimum atomic E-state index is -0.137. The summed E-state index contributed by atoms with van der Waals surface area (Å²) < 4.78 is 10.6. The first kappa shape index (κ1) is 15.8. The minimum absolute atomic E-state index is 0.0832. The number of nitrogens with two attached hydrogens (primary N) is 1. The zero-order valence-electron chi connectivity index (χ0n) is 12.5. The van der Waals surface area contributed by atoms with E-state index in [4.69, 9.17) is 15.2 Å². The van der Waals surface area contributed by atoms with E-state index in [1.54, 1.807) is 31.4 Å². The summed E-state index contributed by atoms with van der Waals surface area (Å²) in [5.41, 5.74) is 6.48. The molecule has 5 nitrogen and oxygen atoms in total. The molecule has 0 spiro atoms. The Kier molecular flexibility index (Phi) is 6.02. The molecule has 1 aliphatic rings. The van der Waals surface area contributed by atoms with Gasteiger partial charge in [0.1, 0.15) is 12.4 Å². The summed E-state index contributed by atoms with van der Waals surface area (Å²) in [5.74, 6) is 1.68. The molecule has 0 radical (unpaired) electrons. The molecule has 1 aromatic rings. The van der Waals surface area contributed by atoms with Crippen molar-refractivity contribution < 1.29 is 14.3 Å². The number of carbonyl (C=O) groups excluding carboxylic acids is 1. The van der Waals surface area contributed by atoms with Crippen LogP contribution in [0.3, 0.4) is 0 Å². The van der Waals surface area contributed by atoms with Crippen LogP contribution in [-0.4, -0.2) is 32.8 Å². The smallest absolute Gasteiger partial charge is 0.250 e. The minimum Gasteiger partial charge on any atom is -0.497 e. The molecular formula is C16H24N2O3. The van der Waals surface area contributed by atoms with Crippen LogP contribution in [0.15, 0.2) is 24.3 Å². The van der Waals surface area contributed by atoms with Gasteiger partial charge < -0.3 is 20.5 Å². The van der Waals surface area contributed by atoms with Gasteiger partial charge in [0.15, 0.2) is 0 Å². The third-order valence-corrected chi connectivity index (χ3v) is 4.06. The van der Waals surface area contributed by atoms with E-state index < -0.39 is 0 Å². The third kappa shape index (κ3) is 4.72. The molecule has 1 fully saturated rings. The van der Waals surface area contributed by atoms with Crippen molar-refractivity contribution in [3.63, 3.8) is 0 Å². The van der Waals surface area contributed by atoms with E-state index >= 15 is 0 Å². The predicted molar refractivity (Wildman–Crippen MR) is 82.3 cm³/mol. The van der Waals surface area contributed by atoms with Crippen molar-refractivity contribution in [2.75, 3.05) is 32.2 Å². The van der Waals surface area contributed by atoms with Crippen molar-refractivity contribution in [3.05, 3.63) is 24.3 Å². The molecule has 1 saturated carbocycles. The van der Waals surface area contributed by atoms with Crippen LogP contribution < -0.4 is 15.8 Å². The fourth-order valence-corrected chi connectivity index (χ4v) is 2.82. The molecule has 1 amide bonds. The van der Waals surface area contributed by atoms with E-state index in [-0.39, 0.29) is 12.5 Å². The molecule has 3 N–H and O–H groups in total. The van der Waals surface area contributed by atoms with Crippen LogP contribution >= 0.6 is 0 Å². The molecule has 0 aromatic heterocycles. The third-order valence-electron chi connectivity index (χ3n) is 4.06. The number of hydrogen-bond acceptors (Lipinski definition) is 4.